The first kappa shape index (κ1) is 19.0. The van der Waals surface area contributed by atoms with E-state index in [4.69, 9.17) is 9.84 Å². The Hall–Kier alpha value is -2.09. The molecule has 1 rings (SSSR count). The number of carbonyl (C=O) groups is 3. The van der Waals surface area contributed by atoms with Crippen LogP contribution >= 0.6 is 15.9 Å². The van der Waals surface area contributed by atoms with Gasteiger partial charge in [0.05, 0.1) is 18.6 Å². The molecular formula is C15H19BrN2O5. The number of aliphatic carboxylic acids is 1. The predicted octanol–water partition coefficient (Wildman–Crippen LogP) is 2.73. The smallest absolute Gasteiger partial charge is 0.339 e. The van der Waals surface area contributed by atoms with Crippen molar-refractivity contribution in [2.45, 2.75) is 13.8 Å². The third kappa shape index (κ3) is 4.69. The van der Waals surface area contributed by atoms with Crippen molar-refractivity contribution in [2.75, 3.05) is 26.0 Å². The van der Waals surface area contributed by atoms with Crippen molar-refractivity contribution in [3.63, 3.8) is 0 Å². The summed E-state index contributed by atoms with van der Waals surface area (Å²) in [5.74, 6) is -2.17. The molecule has 0 heterocycles. The van der Waals surface area contributed by atoms with Crippen LogP contribution in [0.25, 0.3) is 0 Å². The van der Waals surface area contributed by atoms with Crippen molar-refractivity contribution < 1.29 is 24.2 Å². The Balaban J connectivity index is 2.95. The number of nitrogens with zero attached hydrogens (tertiary/aromatic N) is 1. The van der Waals surface area contributed by atoms with Crippen molar-refractivity contribution in [1.29, 1.82) is 0 Å². The molecule has 2 amide bonds. The summed E-state index contributed by atoms with van der Waals surface area (Å²) in [5.41, 5.74) is 1.33. The third-order valence-corrected chi connectivity index (χ3v) is 4.02. The van der Waals surface area contributed by atoms with Crippen LogP contribution in [-0.4, -0.2) is 48.7 Å². The van der Waals surface area contributed by atoms with Gasteiger partial charge in [0, 0.05) is 23.8 Å². The van der Waals surface area contributed by atoms with E-state index in [1.54, 1.807) is 19.1 Å². The number of esters is 1. The maximum Gasteiger partial charge on any atom is 0.339 e. The second-order valence-corrected chi connectivity index (χ2v) is 5.99. The molecule has 23 heavy (non-hydrogen) atoms. The standard InChI is InChI=1S/C15H19BrN2O5/c1-8(13(19)20)7-18(3)15(22)17-11-6-5-10(16)12(9(11)2)14(21)23-4/h5-6,8H,7H2,1-4H3,(H,17,22)(H,19,20). The van der Waals surface area contributed by atoms with Gasteiger partial charge in [-0.2, -0.15) is 0 Å². The highest BCUT2D eigenvalue weighted by molar-refractivity contribution is 9.10. The lowest BCUT2D eigenvalue weighted by Gasteiger charge is -2.21. The molecule has 1 aromatic carbocycles. The normalized spacial score (nSPS) is 11.5. The number of nitrogens with one attached hydrogen (secondary N) is 1. The van der Waals surface area contributed by atoms with Crippen LogP contribution in [0, 0.1) is 12.8 Å². The van der Waals surface area contributed by atoms with E-state index < -0.39 is 23.9 Å². The van der Waals surface area contributed by atoms with Gasteiger partial charge in [0.15, 0.2) is 0 Å². The molecule has 0 aliphatic carbocycles. The van der Waals surface area contributed by atoms with Crippen LogP contribution in [0.3, 0.4) is 0 Å². The van der Waals surface area contributed by atoms with Gasteiger partial charge in [-0.05, 0) is 40.5 Å². The van der Waals surface area contributed by atoms with Gasteiger partial charge in [0.2, 0.25) is 0 Å². The molecule has 2 N–H and O–H groups in total. The van der Waals surface area contributed by atoms with Gasteiger partial charge >= 0.3 is 18.0 Å². The van der Waals surface area contributed by atoms with Crippen molar-refractivity contribution in [2.24, 2.45) is 5.92 Å². The van der Waals surface area contributed by atoms with Crippen LogP contribution in [0.15, 0.2) is 16.6 Å². The monoisotopic (exact) mass is 386 g/mol. The van der Waals surface area contributed by atoms with Gasteiger partial charge in [-0.15, -0.1) is 0 Å². The minimum Gasteiger partial charge on any atom is -0.481 e. The highest BCUT2D eigenvalue weighted by Crippen LogP contribution is 2.27. The number of hydrogen-bond donors (Lipinski definition) is 2. The van der Waals surface area contributed by atoms with Crippen LogP contribution in [0.4, 0.5) is 10.5 Å². The van der Waals surface area contributed by atoms with Crippen LogP contribution in [0.1, 0.15) is 22.8 Å². The molecule has 0 saturated heterocycles. The number of carboxylic acid groups (broad SMARTS) is 1. The lowest BCUT2D eigenvalue weighted by molar-refractivity contribution is -0.141. The van der Waals surface area contributed by atoms with Gasteiger partial charge in [-0.1, -0.05) is 6.92 Å². The zero-order chi connectivity index (χ0) is 17.7. The summed E-state index contributed by atoms with van der Waals surface area (Å²) in [5, 5.41) is 11.6. The molecule has 0 radical (unpaired) electrons. The van der Waals surface area contributed by atoms with Crippen molar-refractivity contribution in [1.82, 2.24) is 4.90 Å². The highest BCUT2D eigenvalue weighted by Gasteiger charge is 2.20. The second-order valence-electron chi connectivity index (χ2n) is 5.14. The molecule has 0 fully saturated rings. The number of amides is 2. The van der Waals surface area contributed by atoms with Gasteiger partial charge < -0.3 is 20.1 Å². The summed E-state index contributed by atoms with van der Waals surface area (Å²) >= 11 is 3.28. The van der Waals surface area contributed by atoms with Gasteiger partial charge in [-0.3, -0.25) is 4.79 Å². The van der Waals surface area contributed by atoms with Crippen molar-refractivity contribution >= 4 is 39.6 Å². The Morgan fingerprint density at radius 3 is 2.52 bits per heavy atom. The number of hydrogen-bond acceptors (Lipinski definition) is 4. The zero-order valence-corrected chi connectivity index (χ0v) is 14.9. The Bertz CT molecular complexity index is 633. The SMILES string of the molecule is COC(=O)c1c(Br)ccc(NC(=O)N(C)CC(C)C(=O)O)c1C. The van der Waals surface area contributed by atoms with Crippen molar-refractivity contribution in [3.8, 4) is 0 Å². The average Bonchev–Trinajstić information content (AvgIpc) is 2.49. The zero-order valence-electron chi connectivity index (χ0n) is 13.3. The van der Waals surface area contributed by atoms with E-state index in [1.165, 1.54) is 26.0 Å². The number of methoxy groups -OCH3 is 1. The number of carbonyl (C=O) groups excluding carboxylic acids is 2. The maximum atomic E-state index is 12.2. The largest absolute Gasteiger partial charge is 0.481 e. The van der Waals surface area contributed by atoms with Gasteiger partial charge in [0.1, 0.15) is 0 Å². The van der Waals surface area contributed by atoms with Gasteiger partial charge in [0.25, 0.3) is 0 Å². The Morgan fingerprint density at radius 2 is 2.00 bits per heavy atom. The molecule has 1 aromatic rings. The molecule has 0 bridgehead atoms. The first-order valence-corrected chi connectivity index (χ1v) is 7.60. The Morgan fingerprint density at radius 1 is 1.39 bits per heavy atom. The summed E-state index contributed by atoms with van der Waals surface area (Å²) in [6.45, 7) is 3.28. The summed E-state index contributed by atoms with van der Waals surface area (Å²) in [6.07, 6.45) is 0. The first-order chi connectivity index (χ1) is 10.7. The molecule has 0 aromatic heterocycles. The topological polar surface area (TPSA) is 95.9 Å². The van der Waals surface area contributed by atoms with E-state index in [1.807, 2.05) is 0 Å². The van der Waals surface area contributed by atoms with E-state index >= 15 is 0 Å². The molecule has 0 spiro atoms. The number of carboxylic acids is 1. The second kappa shape index (κ2) is 7.96. The molecule has 8 heteroatoms. The average molecular weight is 387 g/mol. The van der Waals surface area contributed by atoms with Crippen LogP contribution < -0.4 is 5.32 Å². The lowest BCUT2D eigenvalue weighted by Crippen LogP contribution is -2.36. The molecule has 0 saturated carbocycles. The summed E-state index contributed by atoms with van der Waals surface area (Å²) < 4.78 is 5.29. The van der Waals surface area contributed by atoms with Crippen LogP contribution in [-0.2, 0) is 9.53 Å². The van der Waals surface area contributed by atoms with E-state index in [0.717, 1.165) is 0 Å². The maximum absolute atomic E-state index is 12.2. The van der Waals surface area contributed by atoms with E-state index in [9.17, 15) is 14.4 Å². The fourth-order valence-electron chi connectivity index (χ4n) is 1.95. The molecular weight excluding hydrogens is 368 g/mol. The predicted molar refractivity (Wildman–Crippen MR) is 88.7 cm³/mol. The third-order valence-electron chi connectivity index (χ3n) is 3.36. The number of rotatable bonds is 5. The summed E-state index contributed by atoms with van der Waals surface area (Å²) in [4.78, 5) is 36.1. The fraction of sp³-hybridized carbons (Fsp3) is 0.400. The number of anilines is 1. The Kier molecular flexibility index (Phi) is 6.56. The summed E-state index contributed by atoms with van der Waals surface area (Å²) in [7, 11) is 2.78. The van der Waals surface area contributed by atoms with E-state index in [2.05, 4.69) is 21.2 Å². The summed E-state index contributed by atoms with van der Waals surface area (Å²) in [6, 6.07) is 2.83. The number of ether oxygens (including phenoxy) is 1. The van der Waals surface area contributed by atoms with Crippen LogP contribution in [0.2, 0.25) is 0 Å². The van der Waals surface area contributed by atoms with E-state index in [0.29, 0.717) is 21.3 Å². The Labute approximate surface area is 142 Å². The van der Waals surface area contributed by atoms with E-state index in [-0.39, 0.29) is 6.54 Å². The molecule has 1 atom stereocenters. The lowest BCUT2D eigenvalue weighted by atomic mass is 10.1. The molecule has 126 valence electrons. The number of benzene rings is 1. The number of urea groups is 1. The molecule has 1 unspecified atom stereocenters. The molecule has 0 aliphatic rings. The quantitative estimate of drug-likeness (QED) is 0.758. The minimum atomic E-state index is -0.975. The molecule has 7 nitrogen and oxygen atoms in total. The highest BCUT2D eigenvalue weighted by atomic mass is 79.9. The number of halogens is 1. The van der Waals surface area contributed by atoms with Crippen molar-refractivity contribution in [3.05, 3.63) is 27.7 Å². The van der Waals surface area contributed by atoms with Gasteiger partial charge in [-0.25, -0.2) is 9.59 Å². The minimum absolute atomic E-state index is 0.0700. The first-order valence-electron chi connectivity index (χ1n) is 6.81. The van der Waals surface area contributed by atoms with Crippen LogP contribution in [0.5, 0.6) is 0 Å². The fourth-order valence-corrected chi connectivity index (χ4v) is 2.54. The molecule has 0 aliphatic heterocycles.